The average Bonchev–Trinajstić information content (AvgIpc) is 2.95. The fourth-order valence-electron chi connectivity index (χ4n) is 3.30. The Hall–Kier alpha value is -2.43. The lowest BCUT2D eigenvalue weighted by atomic mass is 9.94. The molecule has 1 aromatic rings. The highest BCUT2D eigenvalue weighted by molar-refractivity contribution is 7.89. The Balaban J connectivity index is 2.42. The van der Waals surface area contributed by atoms with Crippen molar-refractivity contribution in [3.63, 3.8) is 0 Å². The summed E-state index contributed by atoms with van der Waals surface area (Å²) in [5.74, 6) is -1.55. The van der Waals surface area contributed by atoms with Gasteiger partial charge in [-0.15, -0.1) is 0 Å². The number of benzene rings is 1. The quantitative estimate of drug-likeness (QED) is 0.293. The minimum absolute atomic E-state index is 0.00376. The summed E-state index contributed by atoms with van der Waals surface area (Å²) in [6.07, 6.45) is 4.33. The zero-order valence-corrected chi connectivity index (χ0v) is 17.2. The van der Waals surface area contributed by atoms with Gasteiger partial charge in [-0.3, -0.25) is 10.0 Å². The number of rotatable bonds is 7. The van der Waals surface area contributed by atoms with Gasteiger partial charge in [0.15, 0.2) is 0 Å². The van der Waals surface area contributed by atoms with E-state index in [4.69, 9.17) is 9.47 Å². The molecule has 0 saturated carbocycles. The second-order valence-electron chi connectivity index (χ2n) is 6.48. The van der Waals surface area contributed by atoms with Crippen molar-refractivity contribution in [2.75, 3.05) is 20.3 Å². The molecule has 1 saturated heterocycles. The third kappa shape index (κ3) is 5.55. The molecule has 160 valence electrons. The minimum atomic E-state index is -4.04. The van der Waals surface area contributed by atoms with Crippen molar-refractivity contribution in [2.45, 2.75) is 37.1 Å². The van der Waals surface area contributed by atoms with E-state index >= 15 is 0 Å². The number of nitrogens with one attached hydrogen (secondary N) is 1. The topological polar surface area (TPSA) is 122 Å². The number of ether oxygens (including phenoxy) is 2. The average molecular weight is 426 g/mol. The van der Waals surface area contributed by atoms with Crippen LogP contribution < -0.4 is 10.2 Å². The molecular weight excluding hydrogens is 400 g/mol. The molecule has 0 spiro atoms. The normalized spacial score (nSPS) is 20.8. The maximum atomic E-state index is 13.3. The van der Waals surface area contributed by atoms with E-state index in [1.165, 1.54) is 43.5 Å². The van der Waals surface area contributed by atoms with Gasteiger partial charge in [-0.1, -0.05) is 12.5 Å². The van der Waals surface area contributed by atoms with Gasteiger partial charge < -0.3 is 9.47 Å². The Morgan fingerprint density at radius 3 is 2.55 bits per heavy atom. The minimum Gasteiger partial charge on any atom is -0.497 e. The lowest BCUT2D eigenvalue weighted by molar-refractivity contribution is -0.137. The predicted molar refractivity (Wildman–Crippen MR) is 104 cm³/mol. The van der Waals surface area contributed by atoms with Crippen molar-refractivity contribution in [3.8, 4) is 5.75 Å². The molecule has 0 radical (unpaired) electrons. The molecule has 29 heavy (non-hydrogen) atoms. The molecule has 2 rings (SSSR count). The van der Waals surface area contributed by atoms with Crippen LogP contribution in [0.15, 0.2) is 41.3 Å². The fraction of sp³-hybridized carbons (Fsp3) is 0.474. The molecule has 1 fully saturated rings. The molecule has 1 aromatic carbocycles. The van der Waals surface area contributed by atoms with Crippen LogP contribution in [0, 0.1) is 5.92 Å². The number of amides is 1. The fourth-order valence-corrected chi connectivity index (χ4v) is 4.97. The highest BCUT2D eigenvalue weighted by Gasteiger charge is 2.41. The number of hydrogen-bond acceptors (Lipinski definition) is 7. The maximum absolute atomic E-state index is 13.3. The van der Waals surface area contributed by atoms with E-state index in [0.29, 0.717) is 25.0 Å². The summed E-state index contributed by atoms with van der Waals surface area (Å²) in [5.41, 5.74) is 1.56. The van der Waals surface area contributed by atoms with Crippen LogP contribution >= 0.6 is 0 Å². The first-order valence-electron chi connectivity index (χ1n) is 9.30. The smallest absolute Gasteiger partial charge is 0.330 e. The summed E-state index contributed by atoms with van der Waals surface area (Å²) >= 11 is 0. The molecule has 1 aliphatic heterocycles. The largest absolute Gasteiger partial charge is 0.497 e. The SMILES string of the molecule is CCOC(=O)/C=C/C1CCCCN(S(=O)(=O)c2ccc(OC)cc2)C1C(=O)NO. The first kappa shape index (κ1) is 22.9. The van der Waals surface area contributed by atoms with Crippen LogP contribution in [0.25, 0.3) is 0 Å². The second-order valence-corrected chi connectivity index (χ2v) is 8.37. The van der Waals surface area contributed by atoms with E-state index in [9.17, 15) is 23.2 Å². The van der Waals surface area contributed by atoms with Crippen LogP contribution in [-0.2, 0) is 24.3 Å². The van der Waals surface area contributed by atoms with Crippen LogP contribution in [-0.4, -0.2) is 56.1 Å². The number of nitrogens with zero attached hydrogens (tertiary/aromatic N) is 1. The van der Waals surface area contributed by atoms with E-state index in [-0.39, 0.29) is 18.0 Å². The number of sulfonamides is 1. The number of hydroxylamine groups is 1. The number of hydrogen-bond donors (Lipinski definition) is 2. The van der Waals surface area contributed by atoms with E-state index in [1.54, 1.807) is 12.4 Å². The summed E-state index contributed by atoms with van der Waals surface area (Å²) in [6.45, 7) is 1.98. The van der Waals surface area contributed by atoms with Crippen molar-refractivity contribution in [3.05, 3.63) is 36.4 Å². The lowest BCUT2D eigenvalue weighted by Gasteiger charge is -2.31. The van der Waals surface area contributed by atoms with Gasteiger partial charge in [-0.05, 0) is 44.0 Å². The zero-order valence-electron chi connectivity index (χ0n) is 16.4. The molecule has 0 aromatic heterocycles. The molecule has 0 bridgehead atoms. The van der Waals surface area contributed by atoms with Crippen molar-refractivity contribution in [1.82, 2.24) is 9.79 Å². The monoisotopic (exact) mass is 426 g/mol. The number of carbonyl (C=O) groups excluding carboxylic acids is 2. The third-order valence-corrected chi connectivity index (χ3v) is 6.59. The van der Waals surface area contributed by atoms with Crippen molar-refractivity contribution in [1.29, 1.82) is 0 Å². The van der Waals surface area contributed by atoms with Crippen LogP contribution in [0.1, 0.15) is 26.2 Å². The van der Waals surface area contributed by atoms with Gasteiger partial charge in [0.1, 0.15) is 11.8 Å². The summed E-state index contributed by atoms with van der Waals surface area (Å²) in [7, 11) is -2.57. The van der Waals surface area contributed by atoms with Crippen molar-refractivity contribution in [2.24, 2.45) is 5.92 Å². The van der Waals surface area contributed by atoms with E-state index < -0.39 is 33.9 Å². The number of carbonyl (C=O) groups is 2. The molecule has 2 atom stereocenters. The number of esters is 1. The van der Waals surface area contributed by atoms with Gasteiger partial charge in [0, 0.05) is 18.5 Å². The summed E-state index contributed by atoms with van der Waals surface area (Å²) in [6, 6.07) is 4.63. The Labute approximate surface area is 170 Å². The van der Waals surface area contributed by atoms with Crippen molar-refractivity contribution >= 4 is 21.9 Å². The first-order valence-corrected chi connectivity index (χ1v) is 10.7. The Kier molecular flexibility index (Phi) is 8.18. The molecule has 9 nitrogen and oxygen atoms in total. The van der Waals surface area contributed by atoms with E-state index in [2.05, 4.69) is 0 Å². The molecule has 1 amide bonds. The summed E-state index contributed by atoms with van der Waals surface area (Å²) in [4.78, 5) is 24.1. The second kappa shape index (κ2) is 10.4. The standard InChI is InChI=1S/C19H26N2O7S/c1-3-28-17(22)12-7-14-6-4-5-13-21(18(14)19(23)20-24)29(25,26)16-10-8-15(27-2)9-11-16/h7-12,14,18,24H,3-6,13H2,1-2H3,(H,20,23)/b12-7+. The molecule has 1 aliphatic rings. The Morgan fingerprint density at radius 2 is 1.97 bits per heavy atom. The van der Waals surface area contributed by atoms with Gasteiger partial charge in [0.2, 0.25) is 10.0 Å². The molecule has 10 heteroatoms. The molecule has 1 heterocycles. The van der Waals surface area contributed by atoms with Crippen LogP contribution in [0.3, 0.4) is 0 Å². The van der Waals surface area contributed by atoms with Crippen molar-refractivity contribution < 1.29 is 32.7 Å². The maximum Gasteiger partial charge on any atom is 0.330 e. The van der Waals surface area contributed by atoms with Gasteiger partial charge in [0.05, 0.1) is 18.6 Å². The molecular formula is C19H26N2O7S. The van der Waals surface area contributed by atoms with Crippen LogP contribution in [0.5, 0.6) is 5.75 Å². The lowest BCUT2D eigenvalue weighted by Crippen LogP contribution is -2.51. The molecule has 2 N–H and O–H groups in total. The van der Waals surface area contributed by atoms with Gasteiger partial charge in [0.25, 0.3) is 5.91 Å². The highest BCUT2D eigenvalue weighted by atomic mass is 32.2. The molecule has 0 aliphatic carbocycles. The van der Waals surface area contributed by atoms with Gasteiger partial charge >= 0.3 is 5.97 Å². The Morgan fingerprint density at radius 1 is 1.28 bits per heavy atom. The van der Waals surface area contributed by atoms with Crippen LogP contribution in [0.4, 0.5) is 0 Å². The van der Waals surface area contributed by atoms with E-state index in [1.807, 2.05) is 0 Å². The van der Waals surface area contributed by atoms with Gasteiger partial charge in [-0.25, -0.2) is 18.7 Å². The summed E-state index contributed by atoms with van der Waals surface area (Å²) in [5, 5.41) is 9.23. The first-order chi connectivity index (χ1) is 13.8. The van der Waals surface area contributed by atoms with Crippen LogP contribution in [0.2, 0.25) is 0 Å². The zero-order chi connectivity index (χ0) is 21.4. The highest BCUT2D eigenvalue weighted by Crippen LogP contribution is 2.30. The Bertz CT molecular complexity index is 837. The third-order valence-electron chi connectivity index (χ3n) is 4.69. The number of methoxy groups -OCH3 is 1. The predicted octanol–water partition coefficient (Wildman–Crippen LogP) is 1.48. The van der Waals surface area contributed by atoms with Gasteiger partial charge in [-0.2, -0.15) is 4.31 Å². The molecule has 2 unspecified atom stereocenters. The van der Waals surface area contributed by atoms with E-state index in [0.717, 1.165) is 4.31 Å². The summed E-state index contributed by atoms with van der Waals surface area (Å²) < 4.78 is 37.5.